The first-order chi connectivity index (χ1) is 32.4. The number of nitro groups is 1. The standard InChI is InChI=1S/C34H23N9O22S5/c35-27-22(11-24(68(55,56)57)18-9-23(66-65-64-52)28(31(45)26(18)27)41-39-21-7-12(43(50)51)1-3-15(21)33(46)47)40-38-20-6-4-14-16(32(20)70(61,62)63)10-25(69(58,59)60)29(30(14)44)42-37-19-5-2-13(67(36,53)54)8-17(19)34(48)49/h1-11,44-45,52H,35H2,(H,46,47)(H,48,49)(H2,36,53,54)(H,55,56,57)(H,58,59,60)(H,61,62,63). The highest BCUT2D eigenvalue weighted by Gasteiger charge is 2.30. The van der Waals surface area contributed by atoms with Crippen molar-refractivity contribution >= 4 is 131 Å². The summed E-state index contributed by atoms with van der Waals surface area (Å²) in [6.45, 7) is 0. The lowest BCUT2D eigenvalue weighted by atomic mass is 10.0. The van der Waals surface area contributed by atoms with Crippen LogP contribution in [-0.4, -0.2) is 89.9 Å². The van der Waals surface area contributed by atoms with Crippen molar-refractivity contribution in [2.75, 3.05) is 5.73 Å². The van der Waals surface area contributed by atoms with E-state index in [0.29, 0.717) is 30.3 Å². The molecular formula is C34H23N9O22S5. The number of carbonyl (C=O) groups is 2. The fraction of sp³-hybridized carbons (Fsp3) is 0. The number of non-ortho nitro benzene ring substituents is 1. The lowest BCUT2D eigenvalue weighted by Gasteiger charge is -2.15. The highest BCUT2D eigenvalue weighted by molar-refractivity contribution is 7.94. The average Bonchev–Trinajstić information content (AvgIpc) is 3.25. The Balaban J connectivity index is 1.58. The van der Waals surface area contributed by atoms with Crippen molar-refractivity contribution in [1.82, 2.24) is 0 Å². The van der Waals surface area contributed by atoms with Gasteiger partial charge in [-0.25, -0.2) is 28.4 Å². The minimum Gasteiger partial charge on any atom is -0.505 e. The minimum atomic E-state index is -5.66. The van der Waals surface area contributed by atoms with Gasteiger partial charge in [0.05, 0.1) is 49.0 Å². The molecule has 0 aliphatic heterocycles. The molecule has 0 aromatic heterocycles. The molecule has 36 heteroatoms. The molecule has 0 amide bonds. The van der Waals surface area contributed by atoms with Gasteiger partial charge in [0.2, 0.25) is 10.0 Å². The van der Waals surface area contributed by atoms with E-state index in [9.17, 15) is 87.5 Å². The van der Waals surface area contributed by atoms with Crippen LogP contribution in [0.4, 0.5) is 45.5 Å². The predicted octanol–water partition coefficient (Wildman–Crippen LogP) is 6.35. The van der Waals surface area contributed by atoms with Gasteiger partial charge < -0.3 is 26.2 Å². The van der Waals surface area contributed by atoms with Gasteiger partial charge in [-0.15, -0.1) is 35.0 Å². The molecule has 0 spiro atoms. The van der Waals surface area contributed by atoms with E-state index >= 15 is 0 Å². The number of azo groups is 3. The maximum atomic E-state index is 13.0. The average molecular weight is 1070 g/mol. The number of nitrogens with zero attached hydrogens (tertiary/aromatic N) is 7. The van der Waals surface area contributed by atoms with Gasteiger partial charge in [-0.05, 0) is 54.6 Å². The number of aromatic carboxylic acids is 2. The molecule has 0 unspecified atom stereocenters. The molecule has 0 saturated carbocycles. The van der Waals surface area contributed by atoms with Crippen molar-refractivity contribution < 1.29 is 96.9 Å². The van der Waals surface area contributed by atoms with E-state index in [1.54, 1.807) is 0 Å². The number of nitro benzene ring substituents is 1. The molecule has 0 heterocycles. The number of phenols is 2. The summed E-state index contributed by atoms with van der Waals surface area (Å²) < 4.78 is 135. The number of nitrogen functional groups attached to an aromatic ring is 1. The van der Waals surface area contributed by atoms with Gasteiger partial charge in [0.15, 0.2) is 11.5 Å². The molecule has 70 heavy (non-hydrogen) atoms. The van der Waals surface area contributed by atoms with Crippen molar-refractivity contribution in [2.45, 2.75) is 24.5 Å². The number of rotatable bonds is 16. The van der Waals surface area contributed by atoms with Crippen LogP contribution in [0.5, 0.6) is 11.5 Å². The van der Waals surface area contributed by atoms with E-state index in [4.69, 9.17) is 16.1 Å². The topological polar surface area (TPSA) is 520 Å². The van der Waals surface area contributed by atoms with Gasteiger partial charge in [0, 0.05) is 28.3 Å². The van der Waals surface area contributed by atoms with E-state index < -0.39 is 171 Å². The highest BCUT2D eigenvalue weighted by Crippen LogP contribution is 2.51. The van der Waals surface area contributed by atoms with Gasteiger partial charge in [0.1, 0.15) is 48.8 Å². The van der Waals surface area contributed by atoms with E-state index in [0.717, 1.165) is 36.4 Å². The van der Waals surface area contributed by atoms with E-state index in [1.165, 1.54) is 0 Å². The summed E-state index contributed by atoms with van der Waals surface area (Å²) in [5.74, 6) is -5.91. The third kappa shape index (κ3) is 10.5. The van der Waals surface area contributed by atoms with Crippen LogP contribution in [0.1, 0.15) is 20.7 Å². The number of carboxylic acid groups (broad SMARTS) is 2. The van der Waals surface area contributed by atoms with Gasteiger partial charge in [-0.2, -0.15) is 25.3 Å². The van der Waals surface area contributed by atoms with Crippen LogP contribution >= 0.6 is 12.0 Å². The largest absolute Gasteiger partial charge is 0.505 e. The molecule has 0 atom stereocenters. The van der Waals surface area contributed by atoms with Crippen LogP contribution in [0.15, 0.2) is 122 Å². The Morgan fingerprint density at radius 3 is 1.79 bits per heavy atom. The molecule has 0 radical (unpaired) electrons. The maximum Gasteiger partial charge on any atom is 0.338 e. The second-order valence-corrected chi connectivity index (χ2v) is 19.9. The second-order valence-electron chi connectivity index (χ2n) is 13.4. The fourth-order valence-corrected chi connectivity index (χ4v) is 9.40. The minimum absolute atomic E-state index is 0.00387. The van der Waals surface area contributed by atoms with Crippen LogP contribution < -0.4 is 10.9 Å². The molecule has 366 valence electrons. The van der Waals surface area contributed by atoms with Crippen LogP contribution in [0, 0.1) is 10.1 Å². The van der Waals surface area contributed by atoms with Crippen LogP contribution in [-0.2, 0) is 49.7 Å². The van der Waals surface area contributed by atoms with Crippen LogP contribution in [0.25, 0.3) is 21.5 Å². The second kappa shape index (κ2) is 19.0. The summed E-state index contributed by atoms with van der Waals surface area (Å²) in [5.41, 5.74) is -1.77. The van der Waals surface area contributed by atoms with Gasteiger partial charge in [-0.1, -0.05) is 5.04 Å². The molecule has 12 N–H and O–H groups in total. The maximum absolute atomic E-state index is 13.0. The summed E-state index contributed by atoms with van der Waals surface area (Å²) in [6, 6.07) is 7.62. The quantitative estimate of drug-likeness (QED) is 0.00959. The Kier molecular flexibility index (Phi) is 14.0. The first-order valence-corrected chi connectivity index (χ1v) is 24.3. The molecule has 6 rings (SSSR count). The Morgan fingerprint density at radius 2 is 1.21 bits per heavy atom. The molecule has 6 aromatic carbocycles. The van der Waals surface area contributed by atoms with E-state index in [-0.39, 0.29) is 12.0 Å². The smallest absolute Gasteiger partial charge is 0.338 e. The summed E-state index contributed by atoms with van der Waals surface area (Å²) in [6.07, 6.45) is 0. The van der Waals surface area contributed by atoms with Gasteiger partial charge in [0.25, 0.3) is 36.0 Å². The molecule has 0 aliphatic rings. The summed E-state index contributed by atoms with van der Waals surface area (Å²) in [4.78, 5) is 29.1. The normalized spacial score (nSPS) is 12.8. The zero-order valence-corrected chi connectivity index (χ0v) is 37.6. The number of nitrogens with two attached hydrogens (primary N) is 2. The predicted molar refractivity (Wildman–Crippen MR) is 233 cm³/mol. The van der Waals surface area contributed by atoms with Crippen molar-refractivity contribution in [2.24, 2.45) is 35.8 Å². The zero-order valence-electron chi connectivity index (χ0n) is 33.5. The Bertz CT molecular complexity index is 3850. The van der Waals surface area contributed by atoms with Crippen molar-refractivity contribution in [3.63, 3.8) is 0 Å². The summed E-state index contributed by atoms with van der Waals surface area (Å²) in [5, 5.41) is 89.5. The fourth-order valence-electron chi connectivity index (χ4n) is 6.21. The summed E-state index contributed by atoms with van der Waals surface area (Å²) in [7, 11) is -21.1. The lowest BCUT2D eigenvalue weighted by Crippen LogP contribution is -2.13. The lowest BCUT2D eigenvalue weighted by molar-refractivity contribution is -0.432. The molecule has 6 aromatic rings. The van der Waals surface area contributed by atoms with Crippen molar-refractivity contribution in [3.05, 3.63) is 88.0 Å². The number of anilines is 1. The van der Waals surface area contributed by atoms with Gasteiger partial charge >= 0.3 is 11.9 Å². The number of fused-ring (bicyclic) bond motifs is 2. The number of benzene rings is 6. The molecular weight excluding hydrogens is 1050 g/mol. The Labute approximate surface area is 392 Å². The summed E-state index contributed by atoms with van der Waals surface area (Å²) >= 11 is 0.00387. The van der Waals surface area contributed by atoms with Crippen molar-refractivity contribution in [3.8, 4) is 11.5 Å². The van der Waals surface area contributed by atoms with Crippen LogP contribution in [0.3, 0.4) is 0 Å². The number of hydrogen-bond donors (Lipinski definition) is 10. The van der Waals surface area contributed by atoms with Gasteiger partial charge in [-0.3, -0.25) is 23.8 Å². The van der Waals surface area contributed by atoms with E-state index in [2.05, 4.69) is 40.1 Å². The first kappa shape index (κ1) is 51.6. The molecule has 0 saturated heterocycles. The number of carboxylic acids is 2. The number of hydrogen-bond acceptors (Lipinski definition) is 25. The Hall–Kier alpha value is -7.75. The third-order valence-electron chi connectivity index (χ3n) is 9.18. The number of sulfonamides is 1. The molecule has 0 aliphatic carbocycles. The molecule has 0 fully saturated rings. The van der Waals surface area contributed by atoms with E-state index in [1.807, 2.05) is 0 Å². The molecule has 0 bridgehead atoms. The monoisotopic (exact) mass is 1070 g/mol. The number of phenolic OH excluding ortho intramolecular Hbond substituents is 2. The first-order valence-electron chi connectivity index (χ1n) is 17.6. The third-order valence-corrected chi connectivity index (χ3v) is 13.4. The SMILES string of the molecule is Nc1c(N=Nc2ccc3c(O)c(N=Nc4ccc(S(N)(=O)=O)cc4C(=O)O)c(S(=O)(=O)O)cc3c2S(=O)(=O)O)cc(S(=O)(=O)O)c2cc(SOOO)c(N=Nc3cc([N+](=O)[O-])ccc3C(=O)O)c(O)c12. The number of aromatic hydroxyl groups is 2. The van der Waals surface area contributed by atoms with Crippen LogP contribution in [0.2, 0.25) is 0 Å². The highest BCUT2D eigenvalue weighted by atomic mass is 32.2. The number of primary sulfonamides is 1. The molecule has 31 nitrogen and oxygen atoms in total. The Morgan fingerprint density at radius 1 is 0.629 bits per heavy atom. The van der Waals surface area contributed by atoms with Crippen molar-refractivity contribution in [1.29, 1.82) is 0 Å². The zero-order chi connectivity index (χ0) is 52.0.